The molecule has 1 aromatic carbocycles. The Morgan fingerprint density at radius 1 is 1.33 bits per heavy atom. The van der Waals surface area contributed by atoms with E-state index in [1.807, 2.05) is 19.9 Å². The van der Waals surface area contributed by atoms with Gasteiger partial charge in [-0.3, -0.25) is 10.1 Å². The normalized spacial score (nSPS) is 10.9. The predicted molar refractivity (Wildman–Crippen MR) is 70.2 cm³/mol. The number of nitro groups is 1. The van der Waals surface area contributed by atoms with E-state index in [2.05, 4.69) is 6.07 Å². The molecule has 0 fully saturated rings. The summed E-state index contributed by atoms with van der Waals surface area (Å²) in [5.74, 6) is 0. The molecular weight excluding hydrogens is 228 g/mol. The Hall–Kier alpha value is -1.89. The van der Waals surface area contributed by atoms with Crippen molar-refractivity contribution in [3.8, 4) is 6.07 Å². The fraction of sp³-hybridized carbons (Fsp3) is 0.500. The zero-order chi connectivity index (χ0) is 13.6. The van der Waals surface area contributed by atoms with Crippen LogP contribution in [0.25, 0.3) is 0 Å². The molecule has 0 spiro atoms. The Morgan fingerprint density at radius 2 is 1.94 bits per heavy atom. The summed E-state index contributed by atoms with van der Waals surface area (Å²) < 4.78 is 0. The molecule has 0 aliphatic heterocycles. The number of nitro benzene ring substituents is 1. The first-order valence-corrected chi connectivity index (χ1v) is 6.26. The fourth-order valence-electron chi connectivity index (χ4n) is 2.36. The van der Waals surface area contributed by atoms with Gasteiger partial charge in [-0.15, -0.1) is 0 Å². The van der Waals surface area contributed by atoms with Gasteiger partial charge >= 0.3 is 0 Å². The lowest BCUT2D eigenvalue weighted by atomic mass is 9.74. The Bertz CT molecular complexity index is 457. The molecule has 18 heavy (non-hydrogen) atoms. The van der Waals surface area contributed by atoms with Crippen molar-refractivity contribution >= 4 is 5.69 Å². The van der Waals surface area contributed by atoms with Crippen molar-refractivity contribution in [2.24, 2.45) is 0 Å². The summed E-state index contributed by atoms with van der Waals surface area (Å²) in [7, 11) is 0. The van der Waals surface area contributed by atoms with Crippen molar-refractivity contribution in [1.29, 1.82) is 5.26 Å². The minimum Gasteiger partial charge on any atom is -0.258 e. The van der Waals surface area contributed by atoms with E-state index in [0.717, 1.165) is 31.2 Å². The average molecular weight is 246 g/mol. The van der Waals surface area contributed by atoms with Gasteiger partial charge in [-0.1, -0.05) is 38.8 Å². The first-order valence-electron chi connectivity index (χ1n) is 6.26. The molecule has 0 heterocycles. The molecule has 1 aromatic rings. The SMILES string of the molecule is CCCC(C#N)(CCC)c1cccc([N+](=O)[O-])c1. The molecule has 0 bridgehead atoms. The third-order valence-electron chi connectivity index (χ3n) is 3.18. The topological polar surface area (TPSA) is 66.9 Å². The lowest BCUT2D eigenvalue weighted by molar-refractivity contribution is -0.385. The summed E-state index contributed by atoms with van der Waals surface area (Å²) in [5, 5.41) is 20.3. The Kier molecular flexibility index (Phi) is 4.85. The molecule has 0 aromatic heterocycles. The maximum absolute atomic E-state index is 10.8. The van der Waals surface area contributed by atoms with E-state index in [-0.39, 0.29) is 5.69 Å². The zero-order valence-electron chi connectivity index (χ0n) is 10.8. The molecule has 0 N–H and O–H groups in total. The summed E-state index contributed by atoms with van der Waals surface area (Å²) in [6.07, 6.45) is 3.24. The smallest absolute Gasteiger partial charge is 0.258 e. The van der Waals surface area contributed by atoms with E-state index in [9.17, 15) is 15.4 Å². The molecule has 4 nitrogen and oxygen atoms in total. The number of nitriles is 1. The summed E-state index contributed by atoms with van der Waals surface area (Å²) in [6.45, 7) is 4.05. The third-order valence-corrected chi connectivity index (χ3v) is 3.18. The first kappa shape index (κ1) is 14.2. The van der Waals surface area contributed by atoms with Gasteiger partial charge in [-0.05, 0) is 18.4 Å². The molecule has 0 amide bonds. The average Bonchev–Trinajstić information content (AvgIpc) is 2.38. The maximum atomic E-state index is 10.8. The highest BCUT2D eigenvalue weighted by molar-refractivity contribution is 5.41. The highest BCUT2D eigenvalue weighted by atomic mass is 16.6. The molecule has 0 saturated carbocycles. The van der Waals surface area contributed by atoms with E-state index in [4.69, 9.17) is 0 Å². The van der Waals surface area contributed by atoms with Crippen LogP contribution in [0.2, 0.25) is 0 Å². The fourth-order valence-corrected chi connectivity index (χ4v) is 2.36. The van der Waals surface area contributed by atoms with Gasteiger partial charge < -0.3 is 0 Å². The van der Waals surface area contributed by atoms with E-state index in [1.54, 1.807) is 6.07 Å². The van der Waals surface area contributed by atoms with Gasteiger partial charge in [0.1, 0.15) is 0 Å². The van der Waals surface area contributed by atoms with Crippen LogP contribution in [0.4, 0.5) is 5.69 Å². The molecule has 0 saturated heterocycles. The highest BCUT2D eigenvalue weighted by Gasteiger charge is 2.31. The molecule has 96 valence electrons. The van der Waals surface area contributed by atoms with Crippen molar-refractivity contribution in [2.75, 3.05) is 0 Å². The van der Waals surface area contributed by atoms with Crippen LogP contribution < -0.4 is 0 Å². The van der Waals surface area contributed by atoms with Crippen molar-refractivity contribution in [2.45, 2.75) is 44.9 Å². The van der Waals surface area contributed by atoms with Crippen molar-refractivity contribution in [1.82, 2.24) is 0 Å². The Labute approximate surface area is 107 Å². The van der Waals surface area contributed by atoms with Gasteiger partial charge in [0.05, 0.1) is 16.4 Å². The third kappa shape index (κ3) is 2.86. The van der Waals surface area contributed by atoms with Crippen LogP contribution in [0.15, 0.2) is 24.3 Å². The van der Waals surface area contributed by atoms with Crippen LogP contribution in [-0.2, 0) is 5.41 Å². The van der Waals surface area contributed by atoms with Gasteiger partial charge in [0, 0.05) is 12.1 Å². The van der Waals surface area contributed by atoms with Gasteiger partial charge in [0.15, 0.2) is 0 Å². The van der Waals surface area contributed by atoms with Crippen molar-refractivity contribution in [3.63, 3.8) is 0 Å². The van der Waals surface area contributed by atoms with Gasteiger partial charge in [0.25, 0.3) is 5.69 Å². The van der Waals surface area contributed by atoms with Crippen LogP contribution in [0.1, 0.15) is 45.1 Å². The molecule has 0 aliphatic carbocycles. The number of non-ortho nitro benzene ring substituents is 1. The Balaban J connectivity index is 3.24. The number of hydrogen-bond acceptors (Lipinski definition) is 3. The second-order valence-electron chi connectivity index (χ2n) is 4.50. The number of benzene rings is 1. The van der Waals surface area contributed by atoms with Gasteiger partial charge in [0.2, 0.25) is 0 Å². The molecule has 0 atom stereocenters. The molecule has 1 rings (SSSR count). The standard InChI is InChI=1S/C14H18N2O2/c1-3-8-14(11-15,9-4-2)12-6-5-7-13(10-12)16(17)18/h5-7,10H,3-4,8-9H2,1-2H3. The quantitative estimate of drug-likeness (QED) is 0.563. The summed E-state index contributed by atoms with van der Waals surface area (Å²) >= 11 is 0. The van der Waals surface area contributed by atoms with Crippen LogP contribution in [0.3, 0.4) is 0 Å². The van der Waals surface area contributed by atoms with Crippen LogP contribution in [0.5, 0.6) is 0 Å². The summed E-state index contributed by atoms with van der Waals surface area (Å²) in [4.78, 5) is 10.4. The monoisotopic (exact) mass is 246 g/mol. The molecule has 0 unspecified atom stereocenters. The van der Waals surface area contributed by atoms with E-state index in [0.29, 0.717) is 0 Å². The Morgan fingerprint density at radius 3 is 2.39 bits per heavy atom. The van der Waals surface area contributed by atoms with E-state index >= 15 is 0 Å². The van der Waals surface area contributed by atoms with Crippen molar-refractivity contribution in [3.05, 3.63) is 39.9 Å². The summed E-state index contributed by atoms with van der Waals surface area (Å²) in [5.41, 5.74) is 0.234. The second kappa shape index (κ2) is 6.15. The molecule has 0 radical (unpaired) electrons. The first-order chi connectivity index (χ1) is 8.59. The minimum absolute atomic E-state index is 0.0549. The lowest BCUT2D eigenvalue weighted by Gasteiger charge is -2.26. The van der Waals surface area contributed by atoms with Crippen LogP contribution >= 0.6 is 0 Å². The predicted octanol–water partition coefficient (Wildman–Crippen LogP) is 3.96. The van der Waals surface area contributed by atoms with E-state index in [1.165, 1.54) is 12.1 Å². The van der Waals surface area contributed by atoms with Gasteiger partial charge in [-0.25, -0.2) is 0 Å². The molecule has 4 heteroatoms. The summed E-state index contributed by atoms with van der Waals surface area (Å²) in [6, 6.07) is 8.85. The second-order valence-corrected chi connectivity index (χ2v) is 4.50. The molecular formula is C14H18N2O2. The van der Waals surface area contributed by atoms with Gasteiger partial charge in [-0.2, -0.15) is 5.26 Å². The van der Waals surface area contributed by atoms with Crippen molar-refractivity contribution < 1.29 is 4.92 Å². The highest BCUT2D eigenvalue weighted by Crippen LogP contribution is 2.35. The van der Waals surface area contributed by atoms with Crippen LogP contribution in [0, 0.1) is 21.4 Å². The number of nitrogens with zero attached hydrogens (tertiary/aromatic N) is 2. The minimum atomic E-state index is -0.588. The zero-order valence-corrected chi connectivity index (χ0v) is 10.8. The number of hydrogen-bond donors (Lipinski definition) is 0. The largest absolute Gasteiger partial charge is 0.269 e. The molecule has 0 aliphatic rings. The maximum Gasteiger partial charge on any atom is 0.269 e. The number of rotatable bonds is 6. The lowest BCUT2D eigenvalue weighted by Crippen LogP contribution is -2.23. The van der Waals surface area contributed by atoms with Crippen LogP contribution in [-0.4, -0.2) is 4.92 Å². The van der Waals surface area contributed by atoms with E-state index < -0.39 is 10.3 Å².